The molecule has 0 aliphatic carbocycles. The number of rotatable bonds is 8. The molecule has 0 spiro atoms. The Morgan fingerprint density at radius 2 is 1.90 bits per heavy atom. The van der Waals surface area contributed by atoms with Gasteiger partial charge in [0.25, 0.3) is 0 Å². The predicted molar refractivity (Wildman–Crippen MR) is 118 cm³/mol. The lowest BCUT2D eigenvalue weighted by molar-refractivity contribution is -0.113. The first-order valence-electron chi connectivity index (χ1n) is 9.43. The monoisotopic (exact) mass is 419 g/mol. The van der Waals surface area contributed by atoms with Crippen molar-refractivity contribution in [3.8, 4) is 17.0 Å². The minimum Gasteiger partial charge on any atom is -0.497 e. The van der Waals surface area contributed by atoms with Gasteiger partial charge < -0.3 is 19.0 Å². The van der Waals surface area contributed by atoms with Crippen LogP contribution in [0, 0.1) is 0 Å². The Labute approximate surface area is 178 Å². The smallest absolute Gasteiger partial charge is 0.234 e. The molecule has 0 unspecified atom stereocenters. The summed E-state index contributed by atoms with van der Waals surface area (Å²) in [6.07, 6.45) is 3.49. The van der Waals surface area contributed by atoms with Crippen LogP contribution in [0.3, 0.4) is 0 Å². The largest absolute Gasteiger partial charge is 0.497 e. The van der Waals surface area contributed by atoms with Crippen molar-refractivity contribution in [1.82, 2.24) is 9.55 Å². The van der Waals surface area contributed by atoms with Crippen molar-refractivity contribution in [3.05, 3.63) is 85.0 Å². The zero-order valence-corrected chi connectivity index (χ0v) is 17.3. The Morgan fingerprint density at radius 1 is 1.10 bits per heavy atom. The number of furan rings is 1. The van der Waals surface area contributed by atoms with Gasteiger partial charge in [-0.05, 0) is 42.0 Å². The van der Waals surface area contributed by atoms with Crippen molar-refractivity contribution in [2.24, 2.45) is 0 Å². The third-order valence-corrected chi connectivity index (χ3v) is 5.48. The third-order valence-electron chi connectivity index (χ3n) is 4.49. The number of carbonyl (C=O) groups excluding carboxylic acids is 1. The minimum atomic E-state index is -0.0982. The van der Waals surface area contributed by atoms with E-state index in [2.05, 4.69) is 14.9 Å². The van der Waals surface area contributed by atoms with Crippen molar-refractivity contribution < 1.29 is 13.9 Å². The van der Waals surface area contributed by atoms with E-state index in [1.165, 1.54) is 11.8 Å². The number of carbonyl (C=O) groups is 1. The van der Waals surface area contributed by atoms with Gasteiger partial charge in [-0.15, -0.1) is 0 Å². The number of hydrogen-bond donors (Lipinski definition) is 1. The third kappa shape index (κ3) is 4.75. The van der Waals surface area contributed by atoms with Gasteiger partial charge in [-0.25, -0.2) is 4.98 Å². The van der Waals surface area contributed by atoms with Gasteiger partial charge >= 0.3 is 0 Å². The van der Waals surface area contributed by atoms with E-state index in [0.717, 1.165) is 33.6 Å². The zero-order chi connectivity index (χ0) is 20.8. The fraction of sp³-hybridized carbons (Fsp3) is 0.130. The molecule has 0 saturated carbocycles. The van der Waals surface area contributed by atoms with Gasteiger partial charge in [0.15, 0.2) is 5.16 Å². The highest BCUT2D eigenvalue weighted by Gasteiger charge is 2.15. The summed E-state index contributed by atoms with van der Waals surface area (Å²) in [5, 5.41) is 3.66. The number of amides is 1. The molecule has 30 heavy (non-hydrogen) atoms. The Morgan fingerprint density at radius 3 is 2.60 bits per heavy atom. The zero-order valence-electron chi connectivity index (χ0n) is 16.4. The van der Waals surface area contributed by atoms with Crippen molar-refractivity contribution in [3.63, 3.8) is 0 Å². The van der Waals surface area contributed by atoms with Gasteiger partial charge in [-0.1, -0.05) is 42.1 Å². The topological polar surface area (TPSA) is 69.3 Å². The summed E-state index contributed by atoms with van der Waals surface area (Å²) in [7, 11) is 1.61. The second-order valence-electron chi connectivity index (χ2n) is 6.52. The molecule has 2 heterocycles. The molecular formula is C23H21N3O3S. The summed E-state index contributed by atoms with van der Waals surface area (Å²) >= 11 is 1.39. The van der Waals surface area contributed by atoms with E-state index >= 15 is 0 Å². The van der Waals surface area contributed by atoms with Crippen molar-refractivity contribution >= 4 is 23.4 Å². The van der Waals surface area contributed by atoms with E-state index in [9.17, 15) is 4.79 Å². The Hall–Kier alpha value is -3.45. The van der Waals surface area contributed by atoms with Crippen LogP contribution < -0.4 is 10.1 Å². The highest BCUT2D eigenvalue weighted by Crippen LogP contribution is 2.27. The molecule has 0 bridgehead atoms. The molecule has 7 heteroatoms. The van der Waals surface area contributed by atoms with Gasteiger partial charge in [0.2, 0.25) is 5.91 Å². The number of aromatic nitrogens is 2. The van der Waals surface area contributed by atoms with Crippen molar-refractivity contribution in [2.75, 3.05) is 18.2 Å². The fourth-order valence-corrected chi connectivity index (χ4v) is 3.80. The van der Waals surface area contributed by atoms with Crippen molar-refractivity contribution in [1.29, 1.82) is 0 Å². The van der Waals surface area contributed by atoms with Gasteiger partial charge in [0.1, 0.15) is 11.5 Å². The average molecular weight is 420 g/mol. The lowest BCUT2D eigenvalue weighted by atomic mass is 10.2. The molecule has 1 amide bonds. The first-order valence-corrected chi connectivity index (χ1v) is 10.4. The normalized spacial score (nSPS) is 10.7. The first kappa shape index (κ1) is 19.8. The highest BCUT2D eigenvalue weighted by atomic mass is 32.2. The maximum atomic E-state index is 12.4. The molecule has 0 aliphatic heterocycles. The molecule has 4 aromatic rings. The number of imidazole rings is 1. The Balaban J connectivity index is 1.48. The summed E-state index contributed by atoms with van der Waals surface area (Å²) < 4.78 is 12.7. The molecule has 0 radical (unpaired) electrons. The van der Waals surface area contributed by atoms with E-state index < -0.39 is 0 Å². The van der Waals surface area contributed by atoms with Crippen LogP contribution in [-0.2, 0) is 11.3 Å². The van der Waals surface area contributed by atoms with Crippen LogP contribution in [0.4, 0.5) is 5.69 Å². The number of hydrogen-bond acceptors (Lipinski definition) is 5. The molecule has 0 atom stereocenters. The predicted octanol–water partition coefficient (Wildman–Crippen LogP) is 4.93. The van der Waals surface area contributed by atoms with Crippen LogP contribution in [0.2, 0.25) is 0 Å². The van der Waals surface area contributed by atoms with Crippen LogP contribution in [0.15, 0.2) is 88.8 Å². The van der Waals surface area contributed by atoms with Crippen molar-refractivity contribution in [2.45, 2.75) is 11.7 Å². The minimum absolute atomic E-state index is 0.0982. The maximum Gasteiger partial charge on any atom is 0.234 e. The van der Waals surface area contributed by atoms with Crippen LogP contribution in [0.1, 0.15) is 5.76 Å². The molecule has 2 aromatic carbocycles. The summed E-state index contributed by atoms with van der Waals surface area (Å²) in [5.74, 6) is 1.72. The number of anilines is 1. The van der Waals surface area contributed by atoms with Gasteiger partial charge in [-0.3, -0.25) is 4.79 Å². The van der Waals surface area contributed by atoms with E-state index in [-0.39, 0.29) is 11.7 Å². The number of benzene rings is 2. The summed E-state index contributed by atoms with van der Waals surface area (Å²) in [6, 6.07) is 21.1. The molecule has 1 N–H and O–H groups in total. The lowest BCUT2D eigenvalue weighted by Crippen LogP contribution is -2.14. The molecule has 6 nitrogen and oxygen atoms in total. The van der Waals surface area contributed by atoms with Gasteiger partial charge in [-0.2, -0.15) is 0 Å². The van der Waals surface area contributed by atoms with E-state index in [1.54, 1.807) is 13.4 Å². The number of methoxy groups -OCH3 is 1. The second-order valence-corrected chi connectivity index (χ2v) is 7.47. The average Bonchev–Trinajstić information content (AvgIpc) is 3.44. The molecule has 152 valence electrons. The van der Waals surface area contributed by atoms with Crippen LogP contribution in [-0.4, -0.2) is 28.3 Å². The number of nitrogens with zero attached hydrogens (tertiary/aromatic N) is 2. The standard InChI is InChI=1S/C23H21N3O3S/c1-28-19-11-9-18(10-12-19)25-22(27)16-30-23-24-14-21(17-6-3-2-4-7-17)26(23)15-20-8-5-13-29-20/h2-14H,15-16H2,1H3,(H,25,27). The Bertz CT molecular complexity index is 1090. The quantitative estimate of drug-likeness (QED) is 0.410. The molecule has 2 aromatic heterocycles. The number of ether oxygens (including phenoxy) is 1. The highest BCUT2D eigenvalue weighted by molar-refractivity contribution is 7.99. The van der Waals surface area contributed by atoms with Gasteiger partial charge in [0.05, 0.1) is 37.6 Å². The first-order chi connectivity index (χ1) is 14.7. The lowest BCUT2D eigenvalue weighted by Gasteiger charge is -2.11. The summed E-state index contributed by atoms with van der Waals surface area (Å²) in [6.45, 7) is 0.541. The van der Waals surface area contributed by atoms with Crippen LogP contribution in [0.5, 0.6) is 5.75 Å². The summed E-state index contributed by atoms with van der Waals surface area (Å²) in [5.41, 5.74) is 2.77. The van der Waals surface area contributed by atoms with Gasteiger partial charge in [0, 0.05) is 5.69 Å². The Kier molecular flexibility index (Phi) is 6.20. The van der Waals surface area contributed by atoms with Crippen LogP contribution >= 0.6 is 11.8 Å². The molecule has 4 rings (SSSR count). The second kappa shape index (κ2) is 9.37. The van der Waals surface area contributed by atoms with E-state index in [4.69, 9.17) is 9.15 Å². The van der Waals surface area contributed by atoms with E-state index in [1.807, 2.05) is 72.9 Å². The summed E-state index contributed by atoms with van der Waals surface area (Å²) in [4.78, 5) is 17.0. The molecule has 0 saturated heterocycles. The van der Waals surface area contributed by atoms with E-state index in [0.29, 0.717) is 6.54 Å². The SMILES string of the molecule is COc1ccc(NC(=O)CSc2ncc(-c3ccccc3)n2Cc2ccco2)cc1. The van der Waals surface area contributed by atoms with Crippen LogP contribution in [0.25, 0.3) is 11.3 Å². The number of nitrogens with one attached hydrogen (secondary N) is 1. The molecule has 0 aliphatic rings. The fourth-order valence-electron chi connectivity index (χ4n) is 3.03. The molecule has 0 fully saturated rings. The maximum absolute atomic E-state index is 12.4. The number of thioether (sulfide) groups is 1. The molecular weight excluding hydrogens is 398 g/mol.